The predicted molar refractivity (Wildman–Crippen MR) is 100 cm³/mol. The third-order valence-corrected chi connectivity index (χ3v) is 4.54. The highest BCUT2D eigenvalue weighted by Gasteiger charge is 2.17. The first-order chi connectivity index (χ1) is 12.3. The maximum atomic E-state index is 13.5. The van der Waals surface area contributed by atoms with Crippen molar-refractivity contribution < 1.29 is 18.7 Å². The van der Waals surface area contributed by atoms with Crippen LogP contribution in [0.25, 0.3) is 0 Å². The molecule has 0 aliphatic heterocycles. The Morgan fingerprint density at radius 1 is 1.19 bits per heavy atom. The first kappa shape index (κ1) is 20.2. The summed E-state index contributed by atoms with van der Waals surface area (Å²) in [5, 5.41) is 2.47. The van der Waals surface area contributed by atoms with Crippen LogP contribution in [0.5, 0.6) is 0 Å². The molecule has 4 nitrogen and oxygen atoms in total. The lowest BCUT2D eigenvalue weighted by Crippen LogP contribution is -2.22. The highest BCUT2D eigenvalue weighted by atomic mass is 35.5. The van der Waals surface area contributed by atoms with Gasteiger partial charge in [-0.25, -0.2) is 9.18 Å². The van der Waals surface area contributed by atoms with E-state index in [4.69, 9.17) is 27.9 Å². The van der Waals surface area contributed by atoms with Gasteiger partial charge in [-0.2, -0.15) is 0 Å². The van der Waals surface area contributed by atoms with Crippen LogP contribution in [0.2, 0.25) is 10.0 Å². The fourth-order valence-corrected chi connectivity index (χ4v) is 2.79. The number of carbonyl (C=O) groups is 2. The van der Waals surface area contributed by atoms with E-state index in [1.54, 1.807) is 6.07 Å². The van der Waals surface area contributed by atoms with E-state index in [2.05, 4.69) is 19.2 Å². The molecule has 0 aliphatic carbocycles. The van der Waals surface area contributed by atoms with Gasteiger partial charge in [-0.15, -0.1) is 0 Å². The molecule has 2 aromatic rings. The fraction of sp³-hybridized carbons (Fsp3) is 0.263. The van der Waals surface area contributed by atoms with Crippen LogP contribution in [0.1, 0.15) is 42.1 Å². The standard InChI is InChI=1S/C19H18Cl2FNO3/c1-3-11(2)12-6-4-5-7-17(12)23-18(24)10-26-19(25)13-8-16(22)15(21)9-14(13)20/h4-9,11H,3,10H2,1-2H3,(H,23,24)/t11-/m0/s1. The van der Waals surface area contributed by atoms with Crippen LogP contribution in [-0.4, -0.2) is 18.5 Å². The summed E-state index contributed by atoms with van der Waals surface area (Å²) in [6, 6.07) is 9.41. The van der Waals surface area contributed by atoms with Crippen molar-refractivity contribution in [3.63, 3.8) is 0 Å². The fourth-order valence-electron chi connectivity index (χ4n) is 2.33. The molecule has 1 amide bonds. The van der Waals surface area contributed by atoms with Gasteiger partial charge >= 0.3 is 5.97 Å². The molecule has 0 saturated carbocycles. The molecule has 0 bridgehead atoms. The monoisotopic (exact) mass is 397 g/mol. The lowest BCUT2D eigenvalue weighted by atomic mass is 9.97. The summed E-state index contributed by atoms with van der Waals surface area (Å²) < 4.78 is 18.4. The zero-order valence-corrected chi connectivity index (χ0v) is 15.8. The van der Waals surface area contributed by atoms with E-state index in [9.17, 15) is 14.0 Å². The highest BCUT2D eigenvalue weighted by Crippen LogP contribution is 2.27. The number of amides is 1. The van der Waals surface area contributed by atoms with Crippen molar-refractivity contribution in [1.29, 1.82) is 0 Å². The van der Waals surface area contributed by atoms with E-state index in [0.717, 1.165) is 24.1 Å². The van der Waals surface area contributed by atoms with Crippen molar-refractivity contribution >= 4 is 40.8 Å². The number of nitrogens with one attached hydrogen (secondary N) is 1. The molecule has 0 saturated heterocycles. The molecular weight excluding hydrogens is 380 g/mol. The van der Waals surface area contributed by atoms with Crippen LogP contribution >= 0.6 is 23.2 Å². The highest BCUT2D eigenvalue weighted by molar-refractivity contribution is 6.36. The predicted octanol–water partition coefficient (Wildman–Crippen LogP) is 5.44. The SMILES string of the molecule is CC[C@H](C)c1ccccc1NC(=O)COC(=O)c1cc(F)c(Cl)cc1Cl. The Hall–Kier alpha value is -2.11. The van der Waals surface area contributed by atoms with Crippen molar-refractivity contribution in [1.82, 2.24) is 0 Å². The van der Waals surface area contributed by atoms with E-state index in [0.29, 0.717) is 5.69 Å². The minimum absolute atomic E-state index is 0.0519. The summed E-state index contributed by atoms with van der Waals surface area (Å²) in [6.45, 7) is 3.59. The van der Waals surface area contributed by atoms with E-state index < -0.39 is 24.3 Å². The topological polar surface area (TPSA) is 55.4 Å². The molecule has 0 aliphatic rings. The summed E-state index contributed by atoms with van der Waals surface area (Å²) >= 11 is 11.4. The van der Waals surface area contributed by atoms with Crippen LogP contribution in [0.3, 0.4) is 0 Å². The van der Waals surface area contributed by atoms with Gasteiger partial charge in [0, 0.05) is 5.69 Å². The van der Waals surface area contributed by atoms with Crippen molar-refractivity contribution in [2.45, 2.75) is 26.2 Å². The molecule has 0 unspecified atom stereocenters. The smallest absolute Gasteiger partial charge is 0.340 e. The molecule has 2 aromatic carbocycles. The summed E-state index contributed by atoms with van der Waals surface area (Å²) in [4.78, 5) is 24.1. The number of halogens is 3. The van der Waals surface area contributed by atoms with Gasteiger partial charge in [0.05, 0.1) is 15.6 Å². The van der Waals surface area contributed by atoms with Gasteiger partial charge in [0.15, 0.2) is 6.61 Å². The van der Waals surface area contributed by atoms with Crippen molar-refractivity contribution in [2.24, 2.45) is 0 Å². The first-order valence-electron chi connectivity index (χ1n) is 8.03. The summed E-state index contributed by atoms with van der Waals surface area (Å²) in [6.07, 6.45) is 0.919. The van der Waals surface area contributed by atoms with Crippen LogP contribution in [-0.2, 0) is 9.53 Å². The largest absolute Gasteiger partial charge is 0.452 e. The molecule has 2 rings (SSSR count). The Morgan fingerprint density at radius 3 is 2.58 bits per heavy atom. The number of anilines is 1. The van der Waals surface area contributed by atoms with Gasteiger partial charge in [0.2, 0.25) is 0 Å². The molecule has 26 heavy (non-hydrogen) atoms. The Bertz CT molecular complexity index is 826. The lowest BCUT2D eigenvalue weighted by Gasteiger charge is -2.15. The average molecular weight is 398 g/mol. The third-order valence-electron chi connectivity index (χ3n) is 3.94. The minimum atomic E-state index is -0.907. The first-order valence-corrected chi connectivity index (χ1v) is 8.79. The molecule has 0 radical (unpaired) electrons. The second-order valence-corrected chi connectivity index (χ2v) is 6.58. The number of ether oxygens (including phenoxy) is 1. The van der Waals surface area contributed by atoms with Crippen LogP contribution in [0, 0.1) is 5.82 Å². The molecular formula is C19H18Cl2FNO3. The van der Waals surface area contributed by atoms with Crippen molar-refractivity contribution in [3.8, 4) is 0 Å². The number of para-hydroxylation sites is 1. The number of benzene rings is 2. The minimum Gasteiger partial charge on any atom is -0.452 e. The zero-order chi connectivity index (χ0) is 19.3. The van der Waals surface area contributed by atoms with Crippen molar-refractivity contribution in [3.05, 3.63) is 63.4 Å². The Labute approximate surface area is 161 Å². The molecule has 0 spiro atoms. The Kier molecular flexibility index (Phi) is 7.00. The molecule has 0 fully saturated rings. The average Bonchev–Trinajstić information content (AvgIpc) is 2.62. The van der Waals surface area contributed by atoms with E-state index in [-0.39, 0.29) is 21.5 Å². The third kappa shape index (κ3) is 4.96. The van der Waals surface area contributed by atoms with Gasteiger partial charge in [0.1, 0.15) is 5.82 Å². The van der Waals surface area contributed by atoms with Crippen LogP contribution in [0.15, 0.2) is 36.4 Å². The molecule has 138 valence electrons. The number of hydrogen-bond acceptors (Lipinski definition) is 3. The lowest BCUT2D eigenvalue weighted by molar-refractivity contribution is -0.119. The van der Waals surface area contributed by atoms with Gasteiger partial charge < -0.3 is 10.1 Å². The normalized spacial score (nSPS) is 11.7. The quantitative estimate of drug-likeness (QED) is 0.521. The number of carbonyl (C=O) groups excluding carboxylic acids is 2. The van der Waals surface area contributed by atoms with Crippen LogP contribution in [0.4, 0.5) is 10.1 Å². The zero-order valence-electron chi connectivity index (χ0n) is 14.3. The molecule has 7 heteroatoms. The molecule has 0 aromatic heterocycles. The van der Waals surface area contributed by atoms with Gasteiger partial charge in [-0.3, -0.25) is 4.79 Å². The summed E-state index contributed by atoms with van der Waals surface area (Å²) in [5.41, 5.74) is 1.47. The maximum Gasteiger partial charge on any atom is 0.340 e. The number of esters is 1. The van der Waals surface area contributed by atoms with E-state index in [1.807, 2.05) is 18.2 Å². The van der Waals surface area contributed by atoms with Crippen molar-refractivity contribution in [2.75, 3.05) is 11.9 Å². The van der Waals surface area contributed by atoms with E-state index >= 15 is 0 Å². The second kappa shape index (κ2) is 9.01. The summed E-state index contributed by atoms with van der Waals surface area (Å²) in [7, 11) is 0. The number of hydrogen-bond donors (Lipinski definition) is 1. The maximum absolute atomic E-state index is 13.5. The van der Waals surface area contributed by atoms with Crippen LogP contribution < -0.4 is 5.32 Å². The number of rotatable bonds is 6. The molecule has 0 heterocycles. The van der Waals surface area contributed by atoms with Gasteiger partial charge in [-0.05, 0) is 36.1 Å². The molecule has 1 atom stereocenters. The Morgan fingerprint density at radius 2 is 1.88 bits per heavy atom. The Balaban J connectivity index is 2.02. The summed E-state index contributed by atoms with van der Waals surface area (Å²) in [5.74, 6) is -1.93. The second-order valence-electron chi connectivity index (χ2n) is 5.77. The van der Waals surface area contributed by atoms with Gasteiger partial charge in [0.25, 0.3) is 5.91 Å². The molecule has 1 N–H and O–H groups in total. The van der Waals surface area contributed by atoms with Gasteiger partial charge in [-0.1, -0.05) is 55.2 Å². The van der Waals surface area contributed by atoms with E-state index in [1.165, 1.54) is 0 Å².